The van der Waals surface area contributed by atoms with Gasteiger partial charge in [0.2, 0.25) is 0 Å². The molecule has 0 saturated heterocycles. The molecule has 0 aromatic carbocycles. The summed E-state index contributed by atoms with van der Waals surface area (Å²) in [5.41, 5.74) is 0. The molecule has 112 valence electrons. The van der Waals surface area contributed by atoms with E-state index in [-0.39, 0.29) is 0 Å². The van der Waals surface area contributed by atoms with Gasteiger partial charge in [0.05, 0.1) is 0 Å². The highest BCUT2D eigenvalue weighted by Crippen LogP contribution is 2.35. The fourth-order valence-corrected chi connectivity index (χ4v) is 4.39. The summed E-state index contributed by atoms with van der Waals surface area (Å²) in [7, 11) is 0. The molecule has 0 aliphatic heterocycles. The molecule has 2 heteroatoms. The highest BCUT2D eigenvalue weighted by Gasteiger charge is 2.37. The second kappa shape index (κ2) is 7.08. The molecule has 19 heavy (non-hydrogen) atoms. The second-order valence-corrected chi connectivity index (χ2v) is 7.09. The Bertz CT molecular complexity index is 262. The van der Waals surface area contributed by atoms with Gasteiger partial charge in [0.15, 0.2) is 0 Å². The maximum atomic E-state index is 3.78. The van der Waals surface area contributed by atoms with Gasteiger partial charge in [-0.2, -0.15) is 0 Å². The molecule has 0 radical (unpaired) electrons. The van der Waals surface area contributed by atoms with E-state index in [9.17, 15) is 0 Å². The lowest BCUT2D eigenvalue weighted by Crippen LogP contribution is -2.57. The minimum Gasteiger partial charge on any atom is -0.313 e. The van der Waals surface area contributed by atoms with Crippen molar-refractivity contribution < 1.29 is 0 Å². The molecule has 0 aromatic rings. The number of nitrogens with zero attached hydrogens (tertiary/aromatic N) is 1. The van der Waals surface area contributed by atoms with Gasteiger partial charge in [-0.25, -0.2) is 0 Å². The highest BCUT2D eigenvalue weighted by atomic mass is 15.2. The van der Waals surface area contributed by atoms with Crippen LogP contribution in [0.3, 0.4) is 0 Å². The molecule has 2 rings (SSSR count). The van der Waals surface area contributed by atoms with Crippen LogP contribution >= 0.6 is 0 Å². The van der Waals surface area contributed by atoms with E-state index in [4.69, 9.17) is 0 Å². The SMILES string of the molecule is CCNC1CC(C)CC(C)C1N(CC)CC1CCC1. The van der Waals surface area contributed by atoms with Gasteiger partial charge in [-0.3, -0.25) is 4.90 Å². The Morgan fingerprint density at radius 2 is 1.84 bits per heavy atom. The van der Waals surface area contributed by atoms with Crippen LogP contribution in [-0.4, -0.2) is 36.6 Å². The largest absolute Gasteiger partial charge is 0.313 e. The zero-order valence-corrected chi connectivity index (χ0v) is 13.5. The maximum absolute atomic E-state index is 3.78. The summed E-state index contributed by atoms with van der Waals surface area (Å²) in [5.74, 6) is 2.72. The Labute approximate surface area is 120 Å². The van der Waals surface area contributed by atoms with Crippen LogP contribution in [-0.2, 0) is 0 Å². The Balaban J connectivity index is 2.01. The average Bonchev–Trinajstić information content (AvgIpc) is 2.30. The fourth-order valence-electron chi connectivity index (χ4n) is 4.39. The van der Waals surface area contributed by atoms with Crippen LogP contribution in [0, 0.1) is 17.8 Å². The van der Waals surface area contributed by atoms with Gasteiger partial charge in [-0.15, -0.1) is 0 Å². The first-order chi connectivity index (χ1) is 9.15. The van der Waals surface area contributed by atoms with Crippen LogP contribution in [0.1, 0.15) is 59.8 Å². The number of hydrogen-bond acceptors (Lipinski definition) is 2. The van der Waals surface area contributed by atoms with Gasteiger partial charge in [-0.05, 0) is 56.5 Å². The van der Waals surface area contributed by atoms with Crippen molar-refractivity contribution in [1.29, 1.82) is 0 Å². The zero-order chi connectivity index (χ0) is 13.8. The monoisotopic (exact) mass is 266 g/mol. The maximum Gasteiger partial charge on any atom is 0.0275 e. The summed E-state index contributed by atoms with van der Waals surface area (Å²) in [4.78, 5) is 2.80. The van der Waals surface area contributed by atoms with Crippen molar-refractivity contribution >= 4 is 0 Å². The third-order valence-corrected chi connectivity index (χ3v) is 5.44. The highest BCUT2D eigenvalue weighted by molar-refractivity contribution is 4.94. The van der Waals surface area contributed by atoms with Crippen molar-refractivity contribution in [3.8, 4) is 0 Å². The van der Waals surface area contributed by atoms with E-state index in [0.29, 0.717) is 6.04 Å². The minimum atomic E-state index is 0.712. The van der Waals surface area contributed by atoms with Crippen LogP contribution in [0.25, 0.3) is 0 Å². The van der Waals surface area contributed by atoms with Gasteiger partial charge in [-0.1, -0.05) is 34.1 Å². The van der Waals surface area contributed by atoms with E-state index in [1.54, 1.807) is 0 Å². The zero-order valence-electron chi connectivity index (χ0n) is 13.5. The number of likely N-dealkylation sites (N-methyl/N-ethyl adjacent to an activating group) is 2. The predicted molar refractivity (Wildman–Crippen MR) is 83.4 cm³/mol. The van der Waals surface area contributed by atoms with E-state index in [0.717, 1.165) is 30.3 Å². The Kier molecular flexibility index (Phi) is 5.70. The molecule has 2 fully saturated rings. The van der Waals surface area contributed by atoms with Crippen LogP contribution in [0.4, 0.5) is 0 Å². The van der Waals surface area contributed by atoms with Crippen LogP contribution < -0.4 is 5.32 Å². The van der Waals surface area contributed by atoms with Crippen molar-refractivity contribution in [3.05, 3.63) is 0 Å². The standard InChI is InChI=1S/C17H34N2/c1-5-18-16-11-13(3)10-14(4)17(16)19(6-2)12-15-8-7-9-15/h13-18H,5-12H2,1-4H3. The molecule has 2 aliphatic rings. The lowest BCUT2D eigenvalue weighted by molar-refractivity contribution is 0.0433. The molecule has 4 unspecified atom stereocenters. The molecule has 0 spiro atoms. The van der Waals surface area contributed by atoms with E-state index in [1.807, 2.05) is 0 Å². The first-order valence-corrected chi connectivity index (χ1v) is 8.63. The summed E-state index contributed by atoms with van der Waals surface area (Å²) in [6.07, 6.45) is 7.19. The van der Waals surface area contributed by atoms with E-state index in [1.165, 1.54) is 45.2 Å². The minimum absolute atomic E-state index is 0.712. The molecule has 2 aliphatic carbocycles. The second-order valence-electron chi connectivity index (χ2n) is 7.09. The van der Waals surface area contributed by atoms with Gasteiger partial charge in [0.1, 0.15) is 0 Å². The first kappa shape index (κ1) is 15.3. The molecule has 2 nitrogen and oxygen atoms in total. The lowest BCUT2D eigenvalue weighted by Gasteiger charge is -2.47. The molecular formula is C17H34N2. The molecule has 2 saturated carbocycles. The van der Waals surface area contributed by atoms with Crippen LogP contribution in [0.2, 0.25) is 0 Å². The first-order valence-electron chi connectivity index (χ1n) is 8.63. The third-order valence-electron chi connectivity index (χ3n) is 5.44. The average molecular weight is 266 g/mol. The molecule has 4 atom stereocenters. The predicted octanol–water partition coefficient (Wildman–Crippen LogP) is 3.52. The van der Waals surface area contributed by atoms with Crippen molar-refractivity contribution in [1.82, 2.24) is 10.2 Å². The Hall–Kier alpha value is -0.0800. The van der Waals surface area contributed by atoms with E-state index >= 15 is 0 Å². The number of nitrogens with one attached hydrogen (secondary N) is 1. The summed E-state index contributed by atoms with van der Waals surface area (Å²) < 4.78 is 0. The van der Waals surface area contributed by atoms with Crippen molar-refractivity contribution in [3.63, 3.8) is 0 Å². The quantitative estimate of drug-likeness (QED) is 0.791. The van der Waals surface area contributed by atoms with Gasteiger partial charge in [0, 0.05) is 18.6 Å². The van der Waals surface area contributed by atoms with Gasteiger partial charge < -0.3 is 5.32 Å². The molecule has 0 amide bonds. The molecule has 0 heterocycles. The summed E-state index contributed by atoms with van der Waals surface area (Å²) in [5, 5.41) is 3.78. The molecule has 0 aromatic heterocycles. The molecule has 1 N–H and O–H groups in total. The van der Waals surface area contributed by atoms with Crippen molar-refractivity contribution in [2.75, 3.05) is 19.6 Å². The normalized spacial score (nSPS) is 36.5. The van der Waals surface area contributed by atoms with Crippen LogP contribution in [0.15, 0.2) is 0 Å². The van der Waals surface area contributed by atoms with Crippen molar-refractivity contribution in [2.24, 2.45) is 17.8 Å². The number of rotatable bonds is 6. The smallest absolute Gasteiger partial charge is 0.0275 e. The summed E-state index contributed by atoms with van der Waals surface area (Å²) in [6, 6.07) is 1.48. The summed E-state index contributed by atoms with van der Waals surface area (Å²) >= 11 is 0. The molecular weight excluding hydrogens is 232 g/mol. The van der Waals surface area contributed by atoms with Crippen molar-refractivity contribution in [2.45, 2.75) is 71.9 Å². The lowest BCUT2D eigenvalue weighted by atomic mass is 9.75. The third kappa shape index (κ3) is 3.72. The van der Waals surface area contributed by atoms with Crippen LogP contribution in [0.5, 0.6) is 0 Å². The number of hydrogen-bond donors (Lipinski definition) is 1. The molecule has 0 bridgehead atoms. The van der Waals surface area contributed by atoms with Gasteiger partial charge in [0.25, 0.3) is 0 Å². The Morgan fingerprint density at radius 1 is 1.11 bits per heavy atom. The van der Waals surface area contributed by atoms with E-state index < -0.39 is 0 Å². The summed E-state index contributed by atoms with van der Waals surface area (Å²) in [6.45, 7) is 13.2. The topological polar surface area (TPSA) is 15.3 Å². The fraction of sp³-hybridized carbons (Fsp3) is 1.00. The van der Waals surface area contributed by atoms with E-state index in [2.05, 4.69) is 37.9 Å². The van der Waals surface area contributed by atoms with Gasteiger partial charge >= 0.3 is 0 Å². The Morgan fingerprint density at radius 3 is 2.37 bits per heavy atom.